The van der Waals surface area contributed by atoms with Crippen molar-refractivity contribution in [2.75, 3.05) is 7.11 Å². The molecule has 1 heterocycles. The van der Waals surface area contributed by atoms with Gasteiger partial charge in [-0.25, -0.2) is 8.78 Å². The Balaban J connectivity index is 1.47. The summed E-state index contributed by atoms with van der Waals surface area (Å²) in [5, 5.41) is 0. The highest BCUT2D eigenvalue weighted by atomic mass is 19.1. The van der Waals surface area contributed by atoms with Gasteiger partial charge in [0.15, 0.2) is 11.6 Å². The Bertz CT molecular complexity index is 879. The fourth-order valence-electron chi connectivity index (χ4n) is 3.76. The number of carbonyl (C=O) groups excluding carboxylic acids is 1. The van der Waals surface area contributed by atoms with Crippen molar-refractivity contribution in [3.63, 3.8) is 0 Å². The molecule has 2 aromatic carbocycles. The van der Waals surface area contributed by atoms with Crippen LogP contribution in [0.4, 0.5) is 8.78 Å². The van der Waals surface area contributed by atoms with Crippen LogP contribution in [0.2, 0.25) is 0 Å². The van der Waals surface area contributed by atoms with E-state index in [0.29, 0.717) is 19.3 Å². The second-order valence-corrected chi connectivity index (χ2v) is 7.53. The van der Waals surface area contributed by atoms with Gasteiger partial charge in [0.25, 0.3) is 0 Å². The Morgan fingerprint density at radius 2 is 2.03 bits per heavy atom. The summed E-state index contributed by atoms with van der Waals surface area (Å²) >= 11 is 0. The van der Waals surface area contributed by atoms with Crippen molar-refractivity contribution in [2.45, 2.75) is 57.4 Å². The number of aryl methyl sites for hydroxylation is 1. The van der Waals surface area contributed by atoms with Crippen molar-refractivity contribution in [3.8, 4) is 5.75 Å². The molecule has 1 aliphatic rings. The second-order valence-electron chi connectivity index (χ2n) is 7.53. The fraction of sp³-hybridized carbons (Fsp3) is 0.417. The van der Waals surface area contributed by atoms with Gasteiger partial charge in [-0.05, 0) is 80.0 Å². The van der Waals surface area contributed by atoms with E-state index in [4.69, 9.17) is 9.73 Å². The molecular formula is C24H27F2NO2. The third-order valence-corrected chi connectivity index (χ3v) is 5.34. The molecule has 0 aliphatic carbocycles. The van der Waals surface area contributed by atoms with Crippen molar-refractivity contribution in [3.05, 3.63) is 65.2 Å². The standard InChI is InChI=1S/C24H27F2NO2/c1-29-24-14-11-18(16-22(24)26)23-10-4-8-20(27-23)12-13-21(28)9-3-6-17-5-2-7-19(25)15-17/h2,5,7,11,14-16,20H,3-4,6,8-10,12-13H2,1H3. The van der Waals surface area contributed by atoms with Crippen molar-refractivity contribution in [2.24, 2.45) is 4.99 Å². The first-order valence-corrected chi connectivity index (χ1v) is 10.2. The molecule has 3 nitrogen and oxygen atoms in total. The van der Waals surface area contributed by atoms with Gasteiger partial charge in [0.2, 0.25) is 0 Å². The van der Waals surface area contributed by atoms with Crippen molar-refractivity contribution >= 4 is 11.5 Å². The Labute approximate surface area is 170 Å². The van der Waals surface area contributed by atoms with E-state index < -0.39 is 0 Å². The van der Waals surface area contributed by atoms with Gasteiger partial charge in [0, 0.05) is 18.6 Å². The molecule has 2 aromatic rings. The molecule has 0 radical (unpaired) electrons. The monoisotopic (exact) mass is 399 g/mol. The second kappa shape index (κ2) is 10.3. The number of benzene rings is 2. The van der Waals surface area contributed by atoms with E-state index in [1.165, 1.54) is 25.3 Å². The summed E-state index contributed by atoms with van der Waals surface area (Å²) in [6.45, 7) is 0. The smallest absolute Gasteiger partial charge is 0.165 e. The Kier molecular flexibility index (Phi) is 7.50. The minimum atomic E-state index is -0.386. The number of halogens is 2. The molecule has 0 fully saturated rings. The van der Waals surface area contributed by atoms with Crippen LogP contribution in [0.3, 0.4) is 0 Å². The zero-order chi connectivity index (χ0) is 20.6. The highest BCUT2D eigenvalue weighted by molar-refractivity contribution is 6.01. The molecule has 3 rings (SSSR count). The molecule has 1 aliphatic heterocycles. The summed E-state index contributed by atoms with van der Waals surface area (Å²) in [4.78, 5) is 17.0. The van der Waals surface area contributed by atoms with E-state index in [2.05, 4.69) is 0 Å². The van der Waals surface area contributed by atoms with Crippen molar-refractivity contribution in [1.82, 2.24) is 0 Å². The van der Waals surface area contributed by atoms with E-state index in [1.54, 1.807) is 12.1 Å². The predicted molar refractivity (Wildman–Crippen MR) is 111 cm³/mol. The average Bonchev–Trinajstić information content (AvgIpc) is 2.72. The number of rotatable bonds is 9. The zero-order valence-corrected chi connectivity index (χ0v) is 16.8. The quantitative estimate of drug-likeness (QED) is 0.543. The molecule has 154 valence electrons. The van der Waals surface area contributed by atoms with Gasteiger partial charge in [0.1, 0.15) is 11.6 Å². The summed E-state index contributed by atoms with van der Waals surface area (Å²) in [5.41, 5.74) is 2.61. The normalized spacial score (nSPS) is 16.4. The number of carbonyl (C=O) groups is 1. The van der Waals surface area contributed by atoms with Gasteiger partial charge in [-0.1, -0.05) is 12.1 Å². The van der Waals surface area contributed by atoms with Crippen LogP contribution in [-0.2, 0) is 11.2 Å². The Morgan fingerprint density at radius 1 is 1.17 bits per heavy atom. The number of aliphatic imine (C=N–C) groups is 1. The van der Waals surface area contributed by atoms with Gasteiger partial charge in [-0.3, -0.25) is 9.79 Å². The molecule has 5 heteroatoms. The summed E-state index contributed by atoms with van der Waals surface area (Å²) < 4.78 is 32.1. The molecule has 0 N–H and O–H groups in total. The molecule has 1 atom stereocenters. The van der Waals surface area contributed by atoms with E-state index >= 15 is 0 Å². The number of Topliss-reactive ketones (excluding diaryl/α,β-unsaturated/α-hetero) is 1. The lowest BCUT2D eigenvalue weighted by Gasteiger charge is -2.20. The first-order valence-electron chi connectivity index (χ1n) is 10.2. The van der Waals surface area contributed by atoms with E-state index in [9.17, 15) is 13.6 Å². The molecule has 1 unspecified atom stereocenters. The minimum Gasteiger partial charge on any atom is -0.494 e. The van der Waals surface area contributed by atoms with Gasteiger partial charge in [0.05, 0.1) is 13.2 Å². The molecule has 0 spiro atoms. The van der Waals surface area contributed by atoms with Gasteiger partial charge in [-0.2, -0.15) is 0 Å². The molecule has 0 amide bonds. The molecular weight excluding hydrogens is 372 g/mol. The summed E-state index contributed by atoms with van der Waals surface area (Å²) in [6, 6.07) is 11.6. The number of hydrogen-bond acceptors (Lipinski definition) is 3. The van der Waals surface area contributed by atoms with Crippen LogP contribution < -0.4 is 4.74 Å². The van der Waals surface area contributed by atoms with Crippen molar-refractivity contribution in [1.29, 1.82) is 0 Å². The highest BCUT2D eigenvalue weighted by Crippen LogP contribution is 2.24. The molecule has 0 saturated carbocycles. The number of nitrogens with zero attached hydrogens (tertiary/aromatic N) is 1. The maximum absolute atomic E-state index is 14.0. The topological polar surface area (TPSA) is 38.7 Å². The highest BCUT2D eigenvalue weighted by Gasteiger charge is 2.18. The van der Waals surface area contributed by atoms with Crippen LogP contribution >= 0.6 is 0 Å². The molecule has 29 heavy (non-hydrogen) atoms. The largest absolute Gasteiger partial charge is 0.494 e. The lowest BCUT2D eigenvalue weighted by Crippen LogP contribution is -2.18. The van der Waals surface area contributed by atoms with Crippen LogP contribution in [0, 0.1) is 11.6 Å². The van der Waals surface area contributed by atoms with Gasteiger partial charge >= 0.3 is 0 Å². The van der Waals surface area contributed by atoms with E-state index in [1.807, 2.05) is 12.1 Å². The average molecular weight is 399 g/mol. The first-order chi connectivity index (χ1) is 14.0. The van der Waals surface area contributed by atoms with Crippen LogP contribution in [-0.4, -0.2) is 24.6 Å². The maximum Gasteiger partial charge on any atom is 0.165 e. The minimum absolute atomic E-state index is 0.107. The van der Waals surface area contributed by atoms with E-state index in [-0.39, 0.29) is 29.2 Å². The summed E-state index contributed by atoms with van der Waals surface area (Å²) in [5.74, 6) is -0.176. The molecule has 0 bridgehead atoms. The lowest BCUT2D eigenvalue weighted by molar-refractivity contribution is -0.119. The third-order valence-electron chi connectivity index (χ3n) is 5.34. The first kappa shape index (κ1) is 21.2. The number of ether oxygens (including phenoxy) is 1. The number of hydrogen-bond donors (Lipinski definition) is 0. The Morgan fingerprint density at radius 3 is 2.79 bits per heavy atom. The summed E-state index contributed by atoms with van der Waals surface area (Å²) in [6.07, 6.45) is 5.93. The zero-order valence-electron chi connectivity index (χ0n) is 16.8. The molecule has 0 aromatic heterocycles. The van der Waals surface area contributed by atoms with Gasteiger partial charge < -0.3 is 4.74 Å². The van der Waals surface area contributed by atoms with E-state index in [0.717, 1.165) is 48.9 Å². The SMILES string of the molecule is COc1ccc(C2=NC(CCC(=O)CCCc3cccc(F)c3)CCC2)cc1F. The predicted octanol–water partition coefficient (Wildman–Crippen LogP) is 5.69. The summed E-state index contributed by atoms with van der Waals surface area (Å²) in [7, 11) is 1.45. The fourth-order valence-corrected chi connectivity index (χ4v) is 3.76. The Hall–Kier alpha value is -2.56. The number of methoxy groups -OCH3 is 1. The van der Waals surface area contributed by atoms with Crippen LogP contribution in [0.15, 0.2) is 47.5 Å². The number of ketones is 1. The van der Waals surface area contributed by atoms with Gasteiger partial charge in [-0.15, -0.1) is 0 Å². The van der Waals surface area contributed by atoms with Crippen LogP contribution in [0.25, 0.3) is 0 Å². The third kappa shape index (κ3) is 6.21. The van der Waals surface area contributed by atoms with Crippen LogP contribution in [0.1, 0.15) is 56.1 Å². The maximum atomic E-state index is 14.0. The van der Waals surface area contributed by atoms with Crippen LogP contribution in [0.5, 0.6) is 5.75 Å². The van der Waals surface area contributed by atoms with Crippen molar-refractivity contribution < 1.29 is 18.3 Å². The lowest BCUT2D eigenvalue weighted by atomic mass is 9.94. The molecule has 0 saturated heterocycles.